The van der Waals surface area contributed by atoms with Gasteiger partial charge in [0.05, 0.1) is 42.5 Å². The number of anilines is 1. The van der Waals surface area contributed by atoms with Gasteiger partial charge in [-0.25, -0.2) is 8.42 Å². The molecule has 0 amide bonds. The second-order valence-electron chi connectivity index (χ2n) is 6.11. The number of hydrazone groups is 1. The molecule has 3 N–H and O–H groups in total. The Morgan fingerprint density at radius 1 is 1.08 bits per heavy atom. The molecule has 0 unspecified atom stereocenters. The van der Waals surface area contributed by atoms with Crippen LogP contribution >= 0.6 is 11.6 Å². The number of quaternary nitrogens is 1. The van der Waals surface area contributed by atoms with Crippen molar-refractivity contribution in [2.45, 2.75) is 11.8 Å². The van der Waals surface area contributed by atoms with E-state index in [0.717, 1.165) is 30.1 Å². The number of halogens is 1. The quantitative estimate of drug-likeness (QED) is 0.600. The molecule has 1 fully saturated rings. The Bertz CT molecular complexity index is 874. The van der Waals surface area contributed by atoms with Gasteiger partial charge < -0.3 is 5.32 Å². The topological polar surface area (TPSA) is 78.4 Å². The first-order chi connectivity index (χ1) is 12.5. The van der Waals surface area contributed by atoms with E-state index in [-0.39, 0.29) is 0 Å². The van der Waals surface area contributed by atoms with E-state index in [1.54, 1.807) is 40.7 Å². The highest BCUT2D eigenvalue weighted by molar-refractivity contribution is 7.89. The summed E-state index contributed by atoms with van der Waals surface area (Å²) in [6.07, 6.45) is 0. The Morgan fingerprint density at radius 2 is 1.69 bits per heavy atom. The smallest absolute Gasteiger partial charge is 0.243 e. The summed E-state index contributed by atoms with van der Waals surface area (Å²) < 4.78 is 26.9. The number of nitrogens with two attached hydrogens (primary N) is 1. The molecular formula is C18H22ClN4O2S+. The van der Waals surface area contributed by atoms with Crippen molar-refractivity contribution in [2.75, 3.05) is 31.6 Å². The van der Waals surface area contributed by atoms with E-state index in [9.17, 15) is 8.42 Å². The molecule has 1 aliphatic heterocycles. The highest BCUT2D eigenvalue weighted by Crippen LogP contribution is 2.17. The van der Waals surface area contributed by atoms with Crippen LogP contribution in [0.2, 0.25) is 5.02 Å². The Hall–Kier alpha value is -1.93. The van der Waals surface area contributed by atoms with Crippen molar-refractivity contribution >= 4 is 33.0 Å². The van der Waals surface area contributed by atoms with Gasteiger partial charge in [-0.2, -0.15) is 9.41 Å². The average molecular weight is 394 g/mol. The van der Waals surface area contributed by atoms with Crippen LogP contribution in [0.3, 0.4) is 0 Å². The summed E-state index contributed by atoms with van der Waals surface area (Å²) in [4.78, 5) is 0.321. The molecule has 0 spiro atoms. The van der Waals surface area contributed by atoms with Crippen LogP contribution in [0.1, 0.15) is 12.5 Å². The Kier molecular flexibility index (Phi) is 5.93. The van der Waals surface area contributed by atoms with Gasteiger partial charge in [-0.15, -0.1) is 0 Å². The molecule has 2 aromatic carbocycles. The van der Waals surface area contributed by atoms with E-state index in [1.807, 2.05) is 19.1 Å². The normalized spacial score (nSPS) is 16.5. The molecule has 2 aromatic rings. The highest BCUT2D eigenvalue weighted by Gasteiger charge is 2.27. The number of sulfonamides is 1. The van der Waals surface area contributed by atoms with Crippen LogP contribution in [0.5, 0.6) is 0 Å². The molecule has 1 aliphatic rings. The fraction of sp³-hybridized carbons (Fsp3) is 0.278. The van der Waals surface area contributed by atoms with Gasteiger partial charge in [0.15, 0.2) is 0 Å². The maximum atomic E-state index is 12.7. The predicted octanol–water partition coefficient (Wildman–Crippen LogP) is 1.74. The molecule has 3 rings (SSSR count). The second kappa shape index (κ2) is 8.18. The van der Waals surface area contributed by atoms with E-state index >= 15 is 0 Å². The molecule has 0 saturated carbocycles. The fourth-order valence-electron chi connectivity index (χ4n) is 2.72. The van der Waals surface area contributed by atoms with Crippen LogP contribution < -0.4 is 10.7 Å². The summed E-state index contributed by atoms with van der Waals surface area (Å²) >= 11 is 5.86. The van der Waals surface area contributed by atoms with Crippen molar-refractivity contribution in [1.82, 2.24) is 4.31 Å². The number of rotatable bonds is 5. The molecule has 6 nitrogen and oxygen atoms in total. The van der Waals surface area contributed by atoms with Gasteiger partial charge in [-0.1, -0.05) is 23.7 Å². The van der Waals surface area contributed by atoms with Crippen LogP contribution in [0.25, 0.3) is 0 Å². The molecule has 0 aromatic heterocycles. The van der Waals surface area contributed by atoms with Crippen LogP contribution in [0, 0.1) is 0 Å². The minimum absolute atomic E-state index is 0.321. The van der Waals surface area contributed by atoms with E-state index in [4.69, 9.17) is 11.6 Å². The molecule has 0 bridgehead atoms. The van der Waals surface area contributed by atoms with Gasteiger partial charge in [0.2, 0.25) is 10.0 Å². The minimum atomic E-state index is -3.42. The largest absolute Gasteiger partial charge is 0.344 e. The van der Waals surface area contributed by atoms with Crippen molar-refractivity contribution in [3.63, 3.8) is 0 Å². The first kappa shape index (κ1) is 18.8. The van der Waals surface area contributed by atoms with Crippen molar-refractivity contribution in [3.8, 4) is 0 Å². The lowest BCUT2D eigenvalue weighted by atomic mass is 10.1. The van der Waals surface area contributed by atoms with E-state index in [1.165, 1.54) is 0 Å². The number of benzene rings is 2. The minimum Gasteiger partial charge on any atom is -0.344 e. The van der Waals surface area contributed by atoms with Gasteiger partial charge in [0.25, 0.3) is 0 Å². The van der Waals surface area contributed by atoms with Crippen LogP contribution in [-0.4, -0.2) is 44.6 Å². The third kappa shape index (κ3) is 4.42. The molecule has 1 heterocycles. The summed E-state index contributed by atoms with van der Waals surface area (Å²) in [5.74, 6) is 0. The molecule has 8 heteroatoms. The molecule has 1 saturated heterocycles. The zero-order valence-electron chi connectivity index (χ0n) is 14.5. The molecule has 0 atom stereocenters. The van der Waals surface area contributed by atoms with E-state index in [2.05, 4.69) is 15.8 Å². The Morgan fingerprint density at radius 3 is 2.31 bits per heavy atom. The van der Waals surface area contributed by atoms with E-state index in [0.29, 0.717) is 23.0 Å². The van der Waals surface area contributed by atoms with Gasteiger partial charge in [0, 0.05) is 5.02 Å². The fourth-order valence-corrected chi connectivity index (χ4v) is 4.32. The lowest BCUT2D eigenvalue weighted by Crippen LogP contribution is -2.89. The van der Waals surface area contributed by atoms with Crippen molar-refractivity contribution < 1.29 is 13.7 Å². The standard InChI is InChI=1S/C18H21ClN4O2S/c1-14(21-22-17-6-4-16(19)5-7-17)15-2-8-18(9-3-15)26(24,25)23-12-10-20-11-13-23/h2-9,20,22H,10-13H2,1H3/p+1/b21-14-. The molecule has 138 valence electrons. The lowest BCUT2D eigenvalue weighted by molar-refractivity contribution is -0.661. The Labute approximate surface area is 158 Å². The maximum absolute atomic E-state index is 12.7. The summed E-state index contributed by atoms with van der Waals surface area (Å²) in [5.41, 5.74) is 5.41. The van der Waals surface area contributed by atoms with Crippen molar-refractivity contribution in [1.29, 1.82) is 0 Å². The Balaban J connectivity index is 1.72. The van der Waals surface area contributed by atoms with Gasteiger partial charge in [0.1, 0.15) is 0 Å². The first-order valence-corrected chi connectivity index (χ1v) is 10.3. The number of nitrogens with zero attached hydrogens (tertiary/aromatic N) is 2. The lowest BCUT2D eigenvalue weighted by Gasteiger charge is -2.24. The summed E-state index contributed by atoms with van der Waals surface area (Å²) in [6, 6.07) is 14.1. The average Bonchev–Trinajstić information content (AvgIpc) is 2.68. The third-order valence-electron chi connectivity index (χ3n) is 4.27. The van der Waals surface area contributed by atoms with Gasteiger partial charge >= 0.3 is 0 Å². The number of nitrogens with one attached hydrogen (secondary N) is 1. The zero-order valence-corrected chi connectivity index (χ0v) is 16.1. The van der Waals surface area contributed by atoms with Crippen LogP contribution in [-0.2, 0) is 10.0 Å². The van der Waals surface area contributed by atoms with Crippen molar-refractivity contribution in [3.05, 3.63) is 59.1 Å². The predicted molar refractivity (Wildman–Crippen MR) is 104 cm³/mol. The number of hydrogen-bond donors (Lipinski definition) is 2. The molecule has 26 heavy (non-hydrogen) atoms. The second-order valence-corrected chi connectivity index (χ2v) is 8.48. The van der Waals surface area contributed by atoms with E-state index < -0.39 is 10.0 Å². The summed E-state index contributed by atoms with van der Waals surface area (Å²) in [7, 11) is -3.42. The summed E-state index contributed by atoms with van der Waals surface area (Å²) in [5, 5.41) is 7.13. The van der Waals surface area contributed by atoms with Gasteiger partial charge in [-0.05, 0) is 48.9 Å². The molecular weight excluding hydrogens is 372 g/mol. The molecule has 0 radical (unpaired) electrons. The van der Waals surface area contributed by atoms with Crippen LogP contribution in [0.15, 0.2) is 58.5 Å². The zero-order chi connectivity index (χ0) is 18.6. The first-order valence-electron chi connectivity index (χ1n) is 8.45. The van der Waals surface area contributed by atoms with Gasteiger partial charge in [-0.3, -0.25) is 5.43 Å². The maximum Gasteiger partial charge on any atom is 0.243 e. The van der Waals surface area contributed by atoms with Crippen LogP contribution in [0.4, 0.5) is 5.69 Å². The number of hydrogen-bond acceptors (Lipinski definition) is 4. The SMILES string of the molecule is C/C(=N/Nc1ccc(Cl)cc1)c1ccc(S(=O)(=O)N2CC[NH2+]CC2)cc1. The summed E-state index contributed by atoms with van der Waals surface area (Å²) in [6.45, 7) is 4.58. The van der Waals surface area contributed by atoms with Crippen molar-refractivity contribution in [2.24, 2.45) is 5.10 Å². The third-order valence-corrected chi connectivity index (χ3v) is 6.44. The number of piperazine rings is 1. The molecule has 0 aliphatic carbocycles. The highest BCUT2D eigenvalue weighted by atomic mass is 35.5. The monoisotopic (exact) mass is 393 g/mol.